The molecule has 0 saturated carbocycles. The van der Waals surface area contributed by atoms with E-state index in [0.717, 1.165) is 44.5 Å². The van der Waals surface area contributed by atoms with Crippen molar-refractivity contribution in [1.29, 1.82) is 0 Å². The van der Waals surface area contributed by atoms with Gasteiger partial charge in [0.25, 0.3) is 0 Å². The molecular weight excluding hydrogens is 252 g/mol. The van der Waals surface area contributed by atoms with Gasteiger partial charge in [0.1, 0.15) is 0 Å². The van der Waals surface area contributed by atoms with E-state index in [9.17, 15) is 4.79 Å². The van der Waals surface area contributed by atoms with Gasteiger partial charge in [-0.25, -0.2) is 4.79 Å². The summed E-state index contributed by atoms with van der Waals surface area (Å²) in [5.74, 6) is 0.523. The third-order valence-electron chi connectivity index (χ3n) is 3.88. The summed E-state index contributed by atoms with van der Waals surface area (Å²) in [7, 11) is 0. The molecule has 0 atom stereocenters. The van der Waals surface area contributed by atoms with Gasteiger partial charge in [-0.15, -0.1) is 0 Å². The quantitative estimate of drug-likeness (QED) is 0.677. The van der Waals surface area contributed by atoms with E-state index in [1.165, 1.54) is 5.56 Å². The molecule has 1 saturated heterocycles. The number of rotatable bonds is 4. The van der Waals surface area contributed by atoms with Crippen LogP contribution in [-0.2, 0) is 4.74 Å². The van der Waals surface area contributed by atoms with Gasteiger partial charge in [0, 0.05) is 18.8 Å². The highest BCUT2D eigenvalue weighted by atomic mass is 16.6. The number of benzene rings is 1. The van der Waals surface area contributed by atoms with Crippen molar-refractivity contribution >= 4 is 11.8 Å². The maximum Gasteiger partial charge on any atom is 0.409 e. The summed E-state index contributed by atoms with van der Waals surface area (Å²) >= 11 is 0. The summed E-state index contributed by atoms with van der Waals surface area (Å²) in [4.78, 5) is 13.7. The monoisotopic (exact) mass is 276 g/mol. The van der Waals surface area contributed by atoms with E-state index in [0.29, 0.717) is 12.5 Å². The Kier molecular flexibility index (Phi) is 5.27. The van der Waals surface area contributed by atoms with Crippen LogP contribution in [0, 0.1) is 0 Å². The van der Waals surface area contributed by atoms with Crippen molar-refractivity contribution in [3.63, 3.8) is 0 Å². The minimum Gasteiger partial charge on any atom is -0.449 e. The van der Waals surface area contributed by atoms with Gasteiger partial charge in [0.2, 0.25) is 0 Å². The topological polar surface area (TPSA) is 55.6 Å². The van der Waals surface area contributed by atoms with Gasteiger partial charge in [-0.05, 0) is 42.9 Å². The molecule has 1 aliphatic heterocycles. The van der Waals surface area contributed by atoms with E-state index < -0.39 is 0 Å². The van der Waals surface area contributed by atoms with Crippen LogP contribution in [0.15, 0.2) is 24.3 Å². The highest BCUT2D eigenvalue weighted by molar-refractivity contribution is 5.67. The van der Waals surface area contributed by atoms with Crippen LogP contribution in [0.3, 0.4) is 0 Å². The van der Waals surface area contributed by atoms with Crippen LogP contribution < -0.4 is 5.73 Å². The molecule has 0 aromatic heterocycles. The zero-order chi connectivity index (χ0) is 14.4. The third-order valence-corrected chi connectivity index (χ3v) is 3.88. The minimum atomic E-state index is -0.158. The van der Waals surface area contributed by atoms with Gasteiger partial charge in [0.05, 0.1) is 6.61 Å². The second-order valence-electron chi connectivity index (χ2n) is 5.40. The lowest BCUT2D eigenvalue weighted by molar-refractivity contribution is 0.0916. The van der Waals surface area contributed by atoms with Crippen molar-refractivity contribution < 1.29 is 9.53 Å². The van der Waals surface area contributed by atoms with Crippen LogP contribution >= 0.6 is 0 Å². The van der Waals surface area contributed by atoms with Gasteiger partial charge in [0.15, 0.2) is 0 Å². The average Bonchev–Trinajstić information content (AvgIpc) is 2.48. The molecule has 20 heavy (non-hydrogen) atoms. The van der Waals surface area contributed by atoms with Crippen LogP contribution in [0.5, 0.6) is 0 Å². The van der Waals surface area contributed by atoms with Crippen LogP contribution in [0.4, 0.5) is 10.5 Å². The maximum atomic E-state index is 11.8. The molecule has 2 N–H and O–H groups in total. The summed E-state index contributed by atoms with van der Waals surface area (Å²) in [6.45, 7) is 4.18. The summed E-state index contributed by atoms with van der Waals surface area (Å²) in [6, 6.07) is 8.08. The third kappa shape index (κ3) is 3.89. The first-order chi connectivity index (χ1) is 9.70. The Labute approximate surface area is 120 Å². The average molecular weight is 276 g/mol. The molecular formula is C16H24N2O2. The predicted molar refractivity (Wildman–Crippen MR) is 80.7 cm³/mol. The molecule has 4 nitrogen and oxygen atoms in total. The first-order valence-corrected chi connectivity index (χ1v) is 7.48. The molecule has 0 bridgehead atoms. The number of hydrogen-bond acceptors (Lipinski definition) is 3. The van der Waals surface area contributed by atoms with E-state index in [-0.39, 0.29) is 6.09 Å². The number of nitrogen functional groups attached to an aromatic ring is 1. The summed E-state index contributed by atoms with van der Waals surface area (Å²) in [6.07, 6.45) is 3.81. The molecule has 1 fully saturated rings. The molecule has 0 unspecified atom stereocenters. The second kappa shape index (κ2) is 7.17. The smallest absolute Gasteiger partial charge is 0.409 e. The number of hydrogen-bond donors (Lipinski definition) is 1. The SMILES string of the molecule is CCCCOC(=O)N1CCC(c2ccc(N)cc2)CC1. The zero-order valence-corrected chi connectivity index (χ0v) is 12.2. The Bertz CT molecular complexity index is 423. The van der Waals surface area contributed by atoms with E-state index in [4.69, 9.17) is 10.5 Å². The molecule has 2 rings (SSSR count). The number of carbonyl (C=O) groups excluding carboxylic acids is 1. The van der Waals surface area contributed by atoms with Crippen molar-refractivity contribution in [2.24, 2.45) is 0 Å². The number of piperidine rings is 1. The largest absolute Gasteiger partial charge is 0.449 e. The standard InChI is InChI=1S/C16H24N2O2/c1-2-3-12-20-16(19)18-10-8-14(9-11-18)13-4-6-15(17)7-5-13/h4-7,14H,2-3,8-12,17H2,1H3. The van der Waals surface area contributed by atoms with E-state index in [1.54, 1.807) is 0 Å². The number of likely N-dealkylation sites (tertiary alicyclic amines) is 1. The first kappa shape index (κ1) is 14.7. The fourth-order valence-electron chi connectivity index (χ4n) is 2.56. The fraction of sp³-hybridized carbons (Fsp3) is 0.562. The molecule has 1 aromatic carbocycles. The van der Waals surface area contributed by atoms with Crippen molar-refractivity contribution in [2.45, 2.75) is 38.5 Å². The Morgan fingerprint density at radius 2 is 1.95 bits per heavy atom. The Morgan fingerprint density at radius 1 is 1.30 bits per heavy atom. The predicted octanol–water partition coefficient (Wildman–Crippen LogP) is 3.38. The second-order valence-corrected chi connectivity index (χ2v) is 5.40. The van der Waals surface area contributed by atoms with Crippen molar-refractivity contribution in [2.75, 3.05) is 25.4 Å². The van der Waals surface area contributed by atoms with E-state index >= 15 is 0 Å². The molecule has 0 aliphatic carbocycles. The van der Waals surface area contributed by atoms with Gasteiger partial charge < -0.3 is 15.4 Å². The normalized spacial score (nSPS) is 16.1. The molecule has 1 heterocycles. The number of carbonyl (C=O) groups is 1. The van der Waals surface area contributed by atoms with Gasteiger partial charge >= 0.3 is 6.09 Å². The molecule has 1 aliphatic rings. The number of amides is 1. The Morgan fingerprint density at radius 3 is 2.55 bits per heavy atom. The number of ether oxygens (including phenoxy) is 1. The van der Waals surface area contributed by atoms with Crippen molar-refractivity contribution in [3.05, 3.63) is 29.8 Å². The number of nitrogens with zero attached hydrogens (tertiary/aromatic N) is 1. The maximum absolute atomic E-state index is 11.8. The lowest BCUT2D eigenvalue weighted by Gasteiger charge is -2.31. The van der Waals surface area contributed by atoms with E-state index in [1.807, 2.05) is 17.0 Å². The number of anilines is 1. The molecule has 1 aromatic rings. The van der Waals surface area contributed by atoms with Crippen molar-refractivity contribution in [1.82, 2.24) is 4.90 Å². The molecule has 0 spiro atoms. The highest BCUT2D eigenvalue weighted by Crippen LogP contribution is 2.28. The lowest BCUT2D eigenvalue weighted by atomic mass is 9.89. The van der Waals surface area contributed by atoms with Crippen LogP contribution in [0.2, 0.25) is 0 Å². The molecule has 4 heteroatoms. The molecule has 110 valence electrons. The van der Waals surface area contributed by atoms with Crippen LogP contribution in [-0.4, -0.2) is 30.7 Å². The van der Waals surface area contributed by atoms with Crippen molar-refractivity contribution in [3.8, 4) is 0 Å². The summed E-state index contributed by atoms with van der Waals surface area (Å²) in [5.41, 5.74) is 7.82. The lowest BCUT2D eigenvalue weighted by Crippen LogP contribution is -2.38. The van der Waals surface area contributed by atoms with Crippen LogP contribution in [0.1, 0.15) is 44.1 Å². The zero-order valence-electron chi connectivity index (χ0n) is 12.2. The summed E-state index contributed by atoms with van der Waals surface area (Å²) < 4.78 is 5.25. The molecule has 0 radical (unpaired) electrons. The highest BCUT2D eigenvalue weighted by Gasteiger charge is 2.24. The van der Waals surface area contributed by atoms with Gasteiger partial charge in [-0.2, -0.15) is 0 Å². The van der Waals surface area contributed by atoms with Gasteiger partial charge in [-0.1, -0.05) is 25.5 Å². The summed E-state index contributed by atoms with van der Waals surface area (Å²) in [5, 5.41) is 0. The van der Waals surface area contributed by atoms with Crippen LogP contribution in [0.25, 0.3) is 0 Å². The number of unbranched alkanes of at least 4 members (excludes halogenated alkanes) is 1. The van der Waals surface area contributed by atoms with Gasteiger partial charge in [-0.3, -0.25) is 0 Å². The Hall–Kier alpha value is -1.71. The fourth-order valence-corrected chi connectivity index (χ4v) is 2.56. The minimum absolute atomic E-state index is 0.158. The Balaban J connectivity index is 1.80. The first-order valence-electron chi connectivity index (χ1n) is 7.48. The number of nitrogens with two attached hydrogens (primary N) is 1. The van der Waals surface area contributed by atoms with E-state index in [2.05, 4.69) is 19.1 Å². The molecule has 1 amide bonds.